The summed E-state index contributed by atoms with van der Waals surface area (Å²) in [6, 6.07) is 8.01. The summed E-state index contributed by atoms with van der Waals surface area (Å²) in [5.74, 6) is 0.587. The average molecular weight is 475 g/mol. The predicted molar refractivity (Wildman–Crippen MR) is 120 cm³/mol. The van der Waals surface area contributed by atoms with Crippen LogP contribution in [0.25, 0.3) is 0 Å². The van der Waals surface area contributed by atoms with Gasteiger partial charge in [-0.25, -0.2) is 8.42 Å². The fraction of sp³-hybridized carbons (Fsp3) is 0.391. The maximum absolute atomic E-state index is 13.7. The standard InChI is InChI=1S/C23H26N2O7S/c1-30-18-8-7-17(25-22(26)5-4-6-23(25)27)13-21(18)33(28,29)24-10-9-15-11-19(31-2)20(32-3)12-16(15)14-24/h7-8,11-13H,4-6,9-10,14H2,1-3H3. The van der Waals surface area contributed by atoms with Crippen molar-refractivity contribution in [2.24, 2.45) is 0 Å². The van der Waals surface area contributed by atoms with Gasteiger partial charge in [-0.2, -0.15) is 4.31 Å². The number of benzene rings is 2. The molecule has 0 aromatic heterocycles. The van der Waals surface area contributed by atoms with Crippen LogP contribution in [0, 0.1) is 0 Å². The first-order valence-electron chi connectivity index (χ1n) is 10.6. The molecule has 2 aromatic carbocycles. The van der Waals surface area contributed by atoms with Crippen molar-refractivity contribution in [2.75, 3.05) is 32.8 Å². The van der Waals surface area contributed by atoms with Gasteiger partial charge >= 0.3 is 0 Å². The number of sulfonamides is 1. The number of carbonyl (C=O) groups is 2. The topological polar surface area (TPSA) is 102 Å². The van der Waals surface area contributed by atoms with E-state index in [0.717, 1.165) is 16.0 Å². The number of methoxy groups -OCH3 is 3. The number of rotatable bonds is 6. The second-order valence-electron chi connectivity index (χ2n) is 7.88. The molecule has 4 rings (SSSR count). The van der Waals surface area contributed by atoms with E-state index < -0.39 is 10.0 Å². The number of imide groups is 1. The molecule has 0 aliphatic carbocycles. The van der Waals surface area contributed by atoms with Gasteiger partial charge in [-0.3, -0.25) is 14.5 Å². The van der Waals surface area contributed by atoms with Gasteiger partial charge in [0.25, 0.3) is 0 Å². The third-order valence-electron chi connectivity index (χ3n) is 5.99. The van der Waals surface area contributed by atoms with Gasteiger partial charge in [0.2, 0.25) is 21.8 Å². The van der Waals surface area contributed by atoms with Crippen LogP contribution in [0.4, 0.5) is 5.69 Å². The van der Waals surface area contributed by atoms with E-state index in [1.807, 2.05) is 6.07 Å². The van der Waals surface area contributed by atoms with Crippen LogP contribution in [0.2, 0.25) is 0 Å². The summed E-state index contributed by atoms with van der Waals surface area (Å²) in [5.41, 5.74) is 2.04. The van der Waals surface area contributed by atoms with Crippen molar-refractivity contribution in [1.82, 2.24) is 4.31 Å². The van der Waals surface area contributed by atoms with Gasteiger partial charge in [-0.1, -0.05) is 0 Å². The first-order chi connectivity index (χ1) is 15.8. The number of hydrogen-bond donors (Lipinski definition) is 0. The molecule has 2 aliphatic rings. The summed E-state index contributed by atoms with van der Waals surface area (Å²) in [5, 5.41) is 0. The van der Waals surface area contributed by atoms with Gasteiger partial charge < -0.3 is 14.2 Å². The minimum Gasteiger partial charge on any atom is -0.495 e. The summed E-state index contributed by atoms with van der Waals surface area (Å²) < 4.78 is 44.7. The first kappa shape index (κ1) is 23.1. The molecule has 0 atom stereocenters. The Hall–Kier alpha value is -3.11. The van der Waals surface area contributed by atoms with E-state index in [4.69, 9.17) is 14.2 Å². The van der Waals surface area contributed by atoms with Gasteiger partial charge in [-0.05, 0) is 54.3 Å². The molecule has 1 saturated heterocycles. The van der Waals surface area contributed by atoms with Crippen LogP contribution in [-0.2, 0) is 32.6 Å². The minimum absolute atomic E-state index is 0.0856. The summed E-state index contributed by atoms with van der Waals surface area (Å²) in [4.78, 5) is 25.7. The molecule has 1 fully saturated rings. The largest absolute Gasteiger partial charge is 0.495 e. The second-order valence-corrected chi connectivity index (χ2v) is 9.78. The third-order valence-corrected chi connectivity index (χ3v) is 7.85. The molecule has 0 bridgehead atoms. The Bertz CT molecular complexity index is 1190. The maximum Gasteiger partial charge on any atom is 0.247 e. The highest BCUT2D eigenvalue weighted by atomic mass is 32.2. The number of ether oxygens (including phenoxy) is 3. The Morgan fingerprint density at radius 1 is 0.788 bits per heavy atom. The molecule has 9 nitrogen and oxygen atoms in total. The molecule has 2 aliphatic heterocycles. The van der Waals surface area contributed by atoms with E-state index in [0.29, 0.717) is 24.3 Å². The molecule has 2 aromatic rings. The second kappa shape index (κ2) is 9.03. The van der Waals surface area contributed by atoms with Gasteiger partial charge in [0.1, 0.15) is 10.6 Å². The molecular formula is C23H26N2O7S. The number of hydrogen-bond acceptors (Lipinski definition) is 7. The van der Waals surface area contributed by atoms with Crippen LogP contribution in [0.1, 0.15) is 30.4 Å². The van der Waals surface area contributed by atoms with Gasteiger partial charge in [0, 0.05) is 25.9 Å². The highest BCUT2D eigenvalue weighted by Crippen LogP contribution is 2.37. The highest BCUT2D eigenvalue weighted by Gasteiger charge is 2.34. The van der Waals surface area contributed by atoms with Gasteiger partial charge in [0.15, 0.2) is 11.5 Å². The van der Waals surface area contributed by atoms with Crippen molar-refractivity contribution in [3.8, 4) is 17.2 Å². The van der Waals surface area contributed by atoms with Crippen LogP contribution >= 0.6 is 0 Å². The summed E-state index contributed by atoms with van der Waals surface area (Å²) in [7, 11) is 0.476. The van der Waals surface area contributed by atoms with E-state index in [2.05, 4.69) is 0 Å². The molecule has 10 heteroatoms. The van der Waals surface area contributed by atoms with E-state index in [1.165, 1.54) is 36.7 Å². The van der Waals surface area contributed by atoms with E-state index >= 15 is 0 Å². The Morgan fingerprint density at radius 2 is 1.39 bits per heavy atom. The molecule has 0 saturated carbocycles. The lowest BCUT2D eigenvalue weighted by atomic mass is 10.0. The number of carbonyl (C=O) groups excluding carboxylic acids is 2. The number of fused-ring (bicyclic) bond motifs is 1. The van der Waals surface area contributed by atoms with Crippen LogP contribution in [0.15, 0.2) is 35.2 Å². The third kappa shape index (κ3) is 4.16. The highest BCUT2D eigenvalue weighted by molar-refractivity contribution is 7.89. The van der Waals surface area contributed by atoms with Crippen LogP contribution < -0.4 is 19.1 Å². The van der Waals surface area contributed by atoms with Crippen molar-refractivity contribution in [3.05, 3.63) is 41.5 Å². The lowest BCUT2D eigenvalue weighted by Crippen LogP contribution is -2.40. The van der Waals surface area contributed by atoms with Crippen molar-refractivity contribution in [1.29, 1.82) is 0 Å². The van der Waals surface area contributed by atoms with Gasteiger partial charge in [-0.15, -0.1) is 0 Å². The molecule has 0 radical (unpaired) electrons. The normalized spacial score (nSPS) is 17.0. The summed E-state index contributed by atoms with van der Waals surface area (Å²) >= 11 is 0. The molecule has 2 heterocycles. The van der Waals surface area contributed by atoms with Crippen LogP contribution in [0.5, 0.6) is 17.2 Å². The Morgan fingerprint density at radius 3 is 2.00 bits per heavy atom. The van der Waals surface area contributed by atoms with Crippen molar-refractivity contribution >= 4 is 27.5 Å². The molecular weight excluding hydrogens is 448 g/mol. The number of anilines is 1. The first-order valence-corrected chi connectivity index (χ1v) is 12.0. The maximum atomic E-state index is 13.7. The zero-order valence-electron chi connectivity index (χ0n) is 18.8. The summed E-state index contributed by atoms with van der Waals surface area (Å²) in [6.07, 6.45) is 1.49. The lowest BCUT2D eigenvalue weighted by molar-refractivity contribution is -0.129. The van der Waals surface area contributed by atoms with E-state index in [1.54, 1.807) is 13.2 Å². The molecule has 33 heavy (non-hydrogen) atoms. The number of nitrogens with zero attached hydrogens (tertiary/aromatic N) is 2. The number of amides is 2. The molecule has 2 amide bonds. The average Bonchev–Trinajstić information content (AvgIpc) is 2.82. The van der Waals surface area contributed by atoms with Gasteiger partial charge in [0.05, 0.1) is 27.0 Å². The zero-order chi connectivity index (χ0) is 23.8. The molecule has 0 spiro atoms. The fourth-order valence-corrected chi connectivity index (χ4v) is 5.84. The molecule has 0 unspecified atom stereocenters. The van der Waals surface area contributed by atoms with Crippen LogP contribution in [0.3, 0.4) is 0 Å². The lowest BCUT2D eigenvalue weighted by Gasteiger charge is -2.30. The van der Waals surface area contributed by atoms with Crippen molar-refractivity contribution < 1.29 is 32.2 Å². The Labute approximate surface area is 192 Å². The molecule has 0 N–H and O–H groups in total. The monoisotopic (exact) mass is 474 g/mol. The van der Waals surface area contributed by atoms with E-state index in [9.17, 15) is 18.0 Å². The number of piperidine rings is 1. The van der Waals surface area contributed by atoms with Crippen molar-refractivity contribution in [3.63, 3.8) is 0 Å². The SMILES string of the molecule is COc1cc2c(cc1OC)CN(S(=O)(=O)c1cc(N3C(=O)CCCC3=O)ccc1OC)CC2. The molecule has 176 valence electrons. The summed E-state index contributed by atoms with van der Waals surface area (Å²) in [6.45, 7) is 0.409. The van der Waals surface area contributed by atoms with Crippen LogP contribution in [-0.4, -0.2) is 52.4 Å². The zero-order valence-corrected chi connectivity index (χ0v) is 19.6. The minimum atomic E-state index is -3.99. The van der Waals surface area contributed by atoms with Crippen molar-refractivity contribution in [2.45, 2.75) is 37.1 Å². The quantitative estimate of drug-likeness (QED) is 0.593. The van der Waals surface area contributed by atoms with E-state index in [-0.39, 0.29) is 54.1 Å². The predicted octanol–water partition coefficient (Wildman–Crippen LogP) is 2.50. The Kier molecular flexibility index (Phi) is 6.31. The fourth-order valence-electron chi connectivity index (χ4n) is 4.25. The Balaban J connectivity index is 1.71. The smallest absolute Gasteiger partial charge is 0.247 e.